The highest BCUT2D eigenvalue weighted by Gasteiger charge is 2.56. The number of carboxylic acid groups (broad SMARTS) is 1. The number of rotatable bonds is 6. The Balaban J connectivity index is 1.71. The summed E-state index contributed by atoms with van der Waals surface area (Å²) in [4.78, 5) is 39.8. The standard InChI is InChI=1S/C22H27N3O4/c1-2-3-6-12-25-19(26)17-10-5-4-9-16(17)18(23-25)20(27)24-13-15-8-7-11-22(15,14-24)21(28)29/h4-5,9-10,15H,2-3,6-8,11-14H2,1H3,(H,28,29)/t15-,22+/m0/s1. The molecule has 1 aliphatic heterocycles. The van der Waals surface area contributed by atoms with Gasteiger partial charge in [0.25, 0.3) is 11.5 Å². The molecule has 2 heterocycles. The Labute approximate surface area is 169 Å². The SMILES string of the molecule is CCCCCn1nc(C(=O)N2C[C@@H]3CCC[C@@]3(C(=O)O)C2)c2ccccc2c1=O. The summed E-state index contributed by atoms with van der Waals surface area (Å²) in [5.41, 5.74) is -0.771. The predicted octanol–water partition coefficient (Wildman–Crippen LogP) is 2.91. The summed E-state index contributed by atoms with van der Waals surface area (Å²) in [5, 5.41) is 15.3. The number of carbonyl (C=O) groups excluding carboxylic acids is 1. The van der Waals surface area contributed by atoms with Crippen LogP contribution in [0.4, 0.5) is 0 Å². The molecule has 2 atom stereocenters. The second-order valence-electron chi connectivity index (χ2n) is 8.37. The predicted molar refractivity (Wildman–Crippen MR) is 109 cm³/mol. The van der Waals surface area contributed by atoms with Crippen LogP contribution in [0.25, 0.3) is 10.8 Å². The van der Waals surface area contributed by atoms with E-state index in [0.717, 1.165) is 32.1 Å². The number of aliphatic carboxylic acids is 1. The number of aryl methyl sites for hydroxylation is 1. The minimum atomic E-state index is -0.832. The maximum atomic E-state index is 13.4. The fraction of sp³-hybridized carbons (Fsp3) is 0.545. The monoisotopic (exact) mass is 397 g/mol. The average Bonchev–Trinajstić information content (AvgIpc) is 3.28. The molecule has 4 rings (SSSR count). The zero-order chi connectivity index (χ0) is 20.6. The Morgan fingerprint density at radius 2 is 2.00 bits per heavy atom. The van der Waals surface area contributed by atoms with Crippen molar-refractivity contribution < 1.29 is 14.7 Å². The molecule has 1 aromatic heterocycles. The van der Waals surface area contributed by atoms with E-state index in [1.54, 1.807) is 29.2 Å². The molecule has 1 N–H and O–H groups in total. The Kier molecular flexibility index (Phi) is 5.15. The quantitative estimate of drug-likeness (QED) is 0.757. The second-order valence-corrected chi connectivity index (χ2v) is 8.37. The van der Waals surface area contributed by atoms with Crippen molar-refractivity contribution in [3.8, 4) is 0 Å². The molecule has 0 bridgehead atoms. The second kappa shape index (κ2) is 7.61. The Morgan fingerprint density at radius 1 is 1.24 bits per heavy atom. The zero-order valence-corrected chi connectivity index (χ0v) is 16.8. The maximum absolute atomic E-state index is 13.4. The lowest BCUT2D eigenvalue weighted by molar-refractivity contribution is -0.149. The summed E-state index contributed by atoms with van der Waals surface area (Å²) >= 11 is 0. The third-order valence-electron chi connectivity index (χ3n) is 6.63. The number of carbonyl (C=O) groups is 2. The van der Waals surface area contributed by atoms with E-state index in [2.05, 4.69) is 12.0 Å². The molecule has 154 valence electrons. The van der Waals surface area contributed by atoms with Gasteiger partial charge in [0.2, 0.25) is 0 Å². The first-order valence-electron chi connectivity index (χ1n) is 10.5. The topological polar surface area (TPSA) is 92.5 Å². The number of carboxylic acids is 1. The smallest absolute Gasteiger partial charge is 0.311 e. The van der Waals surface area contributed by atoms with Gasteiger partial charge in [-0.2, -0.15) is 5.10 Å². The number of benzene rings is 1. The Bertz CT molecular complexity index is 1010. The van der Waals surface area contributed by atoms with E-state index in [0.29, 0.717) is 30.3 Å². The molecular formula is C22H27N3O4. The minimum Gasteiger partial charge on any atom is -0.481 e. The lowest BCUT2D eigenvalue weighted by atomic mass is 9.81. The molecule has 0 spiro atoms. The molecule has 2 aromatic rings. The van der Waals surface area contributed by atoms with Crippen LogP contribution in [-0.2, 0) is 11.3 Å². The van der Waals surface area contributed by atoms with Crippen LogP contribution in [0.15, 0.2) is 29.1 Å². The summed E-state index contributed by atoms with van der Waals surface area (Å²) in [6, 6.07) is 7.05. The average molecular weight is 397 g/mol. The fourth-order valence-corrected chi connectivity index (χ4v) is 5.00. The Morgan fingerprint density at radius 3 is 2.69 bits per heavy atom. The van der Waals surface area contributed by atoms with Gasteiger partial charge in [0.05, 0.1) is 10.8 Å². The number of hydrogen-bond donors (Lipinski definition) is 1. The van der Waals surface area contributed by atoms with Gasteiger partial charge in [0.15, 0.2) is 5.69 Å². The van der Waals surface area contributed by atoms with Gasteiger partial charge >= 0.3 is 5.97 Å². The number of nitrogens with zero attached hydrogens (tertiary/aromatic N) is 3. The number of fused-ring (bicyclic) bond motifs is 2. The molecule has 1 aromatic carbocycles. The highest BCUT2D eigenvalue weighted by molar-refractivity contribution is 6.05. The van der Waals surface area contributed by atoms with E-state index in [9.17, 15) is 19.5 Å². The van der Waals surface area contributed by atoms with Crippen molar-refractivity contribution in [1.82, 2.24) is 14.7 Å². The number of hydrogen-bond acceptors (Lipinski definition) is 4. The van der Waals surface area contributed by atoms with E-state index in [-0.39, 0.29) is 29.6 Å². The van der Waals surface area contributed by atoms with Gasteiger partial charge in [-0.15, -0.1) is 0 Å². The summed E-state index contributed by atoms with van der Waals surface area (Å²) in [5.74, 6) is -1.09. The van der Waals surface area contributed by atoms with E-state index < -0.39 is 11.4 Å². The number of unbranched alkanes of at least 4 members (excludes halogenated alkanes) is 2. The van der Waals surface area contributed by atoms with Crippen molar-refractivity contribution in [2.75, 3.05) is 13.1 Å². The zero-order valence-electron chi connectivity index (χ0n) is 16.8. The number of amides is 1. The summed E-state index contributed by atoms with van der Waals surface area (Å²) in [6.45, 7) is 3.22. The van der Waals surface area contributed by atoms with Gasteiger partial charge in [0, 0.05) is 25.0 Å². The van der Waals surface area contributed by atoms with Crippen LogP contribution in [0, 0.1) is 11.3 Å². The molecule has 1 amide bonds. The third-order valence-corrected chi connectivity index (χ3v) is 6.63. The van der Waals surface area contributed by atoms with Crippen LogP contribution in [0.1, 0.15) is 55.9 Å². The van der Waals surface area contributed by atoms with Crippen LogP contribution in [0.2, 0.25) is 0 Å². The van der Waals surface area contributed by atoms with E-state index >= 15 is 0 Å². The lowest BCUT2D eigenvalue weighted by Gasteiger charge is -2.23. The first-order chi connectivity index (χ1) is 14.0. The lowest BCUT2D eigenvalue weighted by Crippen LogP contribution is -2.38. The first kappa shape index (κ1) is 19.6. The van der Waals surface area contributed by atoms with Crippen molar-refractivity contribution in [3.05, 3.63) is 40.3 Å². The number of aromatic nitrogens is 2. The van der Waals surface area contributed by atoms with Crippen molar-refractivity contribution in [3.63, 3.8) is 0 Å². The van der Waals surface area contributed by atoms with Crippen LogP contribution in [0.5, 0.6) is 0 Å². The van der Waals surface area contributed by atoms with Crippen molar-refractivity contribution in [2.24, 2.45) is 11.3 Å². The van der Waals surface area contributed by atoms with Gasteiger partial charge in [-0.05, 0) is 31.2 Å². The molecule has 0 radical (unpaired) electrons. The van der Waals surface area contributed by atoms with Crippen molar-refractivity contribution in [2.45, 2.75) is 52.0 Å². The largest absolute Gasteiger partial charge is 0.481 e. The van der Waals surface area contributed by atoms with Gasteiger partial charge in [0.1, 0.15) is 0 Å². The molecular weight excluding hydrogens is 370 g/mol. The normalized spacial score (nSPS) is 23.5. The molecule has 1 saturated heterocycles. The van der Waals surface area contributed by atoms with Crippen LogP contribution < -0.4 is 5.56 Å². The fourth-order valence-electron chi connectivity index (χ4n) is 5.00. The van der Waals surface area contributed by atoms with E-state index in [1.165, 1.54) is 4.68 Å². The molecule has 2 fully saturated rings. The molecule has 29 heavy (non-hydrogen) atoms. The van der Waals surface area contributed by atoms with Crippen molar-refractivity contribution in [1.29, 1.82) is 0 Å². The van der Waals surface area contributed by atoms with Gasteiger partial charge < -0.3 is 10.0 Å². The highest BCUT2D eigenvalue weighted by atomic mass is 16.4. The van der Waals surface area contributed by atoms with Crippen molar-refractivity contribution >= 4 is 22.6 Å². The van der Waals surface area contributed by atoms with Gasteiger partial charge in [-0.25, -0.2) is 4.68 Å². The number of likely N-dealkylation sites (tertiary alicyclic amines) is 1. The van der Waals surface area contributed by atoms with Crippen LogP contribution >= 0.6 is 0 Å². The highest BCUT2D eigenvalue weighted by Crippen LogP contribution is 2.49. The van der Waals surface area contributed by atoms with Crippen LogP contribution in [0.3, 0.4) is 0 Å². The summed E-state index contributed by atoms with van der Waals surface area (Å²) < 4.78 is 1.40. The maximum Gasteiger partial charge on any atom is 0.311 e. The molecule has 2 aliphatic rings. The third kappa shape index (κ3) is 3.22. The molecule has 0 unspecified atom stereocenters. The Hall–Kier alpha value is -2.70. The minimum absolute atomic E-state index is 0.00864. The molecule has 1 saturated carbocycles. The summed E-state index contributed by atoms with van der Waals surface area (Å²) in [6.07, 6.45) is 5.17. The van der Waals surface area contributed by atoms with E-state index in [4.69, 9.17) is 0 Å². The van der Waals surface area contributed by atoms with Crippen LogP contribution in [-0.4, -0.2) is 44.8 Å². The molecule has 1 aliphatic carbocycles. The van der Waals surface area contributed by atoms with Gasteiger partial charge in [-0.1, -0.05) is 44.4 Å². The molecule has 7 nitrogen and oxygen atoms in total. The molecule has 7 heteroatoms. The van der Waals surface area contributed by atoms with E-state index in [1.807, 2.05) is 0 Å². The van der Waals surface area contributed by atoms with Gasteiger partial charge in [-0.3, -0.25) is 14.4 Å². The summed E-state index contributed by atoms with van der Waals surface area (Å²) in [7, 11) is 0. The first-order valence-corrected chi connectivity index (χ1v) is 10.5.